The molecule has 0 radical (unpaired) electrons. The van der Waals surface area contributed by atoms with Crippen molar-refractivity contribution in [3.05, 3.63) is 77.9 Å². The van der Waals surface area contributed by atoms with Gasteiger partial charge < -0.3 is 14.6 Å². The van der Waals surface area contributed by atoms with E-state index in [1.54, 1.807) is 11.8 Å². The van der Waals surface area contributed by atoms with E-state index in [0.717, 1.165) is 63.7 Å². The molecule has 0 unspecified atom stereocenters. The van der Waals surface area contributed by atoms with E-state index >= 15 is 0 Å². The van der Waals surface area contributed by atoms with Crippen LogP contribution < -0.4 is 5.32 Å². The number of hydrogen-bond donors (Lipinski definition) is 1. The lowest BCUT2D eigenvalue weighted by molar-refractivity contribution is 0.405. The summed E-state index contributed by atoms with van der Waals surface area (Å²) in [7, 11) is 4.21. The summed E-state index contributed by atoms with van der Waals surface area (Å²) in [4.78, 5) is 8.47. The highest BCUT2D eigenvalue weighted by molar-refractivity contribution is 7.98. The number of pyridine rings is 1. The Morgan fingerprint density at radius 2 is 1.71 bits per heavy atom. The summed E-state index contributed by atoms with van der Waals surface area (Å²) in [6, 6.07) is 23.2. The van der Waals surface area contributed by atoms with Crippen LogP contribution in [0.3, 0.4) is 0 Å². The van der Waals surface area contributed by atoms with E-state index in [1.165, 1.54) is 10.5 Å². The molecule has 172 valence electrons. The van der Waals surface area contributed by atoms with Gasteiger partial charge in [0.15, 0.2) is 5.58 Å². The Bertz CT molecular complexity index is 1470. The van der Waals surface area contributed by atoms with Crippen LogP contribution in [0.4, 0.5) is 5.69 Å². The summed E-state index contributed by atoms with van der Waals surface area (Å²) < 4.78 is 6.31. The summed E-state index contributed by atoms with van der Waals surface area (Å²) in [6.07, 6.45) is 7.46. The molecule has 0 saturated carbocycles. The van der Waals surface area contributed by atoms with Crippen LogP contribution in [0.2, 0.25) is 0 Å². The molecular formula is C29H29N3OS. The lowest BCUT2D eigenvalue weighted by Gasteiger charge is -2.13. The predicted octanol–water partition coefficient (Wildman–Crippen LogP) is 7.39. The Kier molecular flexibility index (Phi) is 6.57. The first kappa shape index (κ1) is 22.5. The Morgan fingerprint density at radius 1 is 0.941 bits per heavy atom. The van der Waals surface area contributed by atoms with Crippen molar-refractivity contribution in [2.75, 3.05) is 38.8 Å². The number of anilines is 1. The molecule has 0 aliphatic rings. The van der Waals surface area contributed by atoms with Gasteiger partial charge in [0.25, 0.3) is 0 Å². The molecule has 0 aliphatic carbocycles. The number of fused-ring (bicyclic) bond motifs is 4. The third kappa shape index (κ3) is 4.67. The van der Waals surface area contributed by atoms with Crippen molar-refractivity contribution in [1.82, 2.24) is 9.88 Å². The minimum absolute atomic E-state index is 0.826. The summed E-state index contributed by atoms with van der Waals surface area (Å²) in [6.45, 7) is 1.90. The Balaban J connectivity index is 1.56. The lowest BCUT2D eigenvalue weighted by atomic mass is 10.1. The standard InChI is InChI=1S/C29H29N3OS/c1-32(2)18-6-17-30-27-24-19-21(10-9-20-11-14-22(34-3)15-12-20)13-16-25(24)31-28-23-7-4-5-8-26(23)33-29(27)28/h4-5,7-16,19H,6,17-18H2,1-3H3,(H,30,31)/b10-9+. The van der Waals surface area contributed by atoms with Crippen molar-refractivity contribution in [2.45, 2.75) is 11.3 Å². The zero-order chi connectivity index (χ0) is 23.5. The first-order valence-corrected chi connectivity index (χ1v) is 12.8. The summed E-state index contributed by atoms with van der Waals surface area (Å²) in [5.41, 5.74) is 6.92. The number of para-hydroxylation sites is 1. The van der Waals surface area contributed by atoms with Crippen LogP contribution in [0.1, 0.15) is 17.5 Å². The molecule has 4 nitrogen and oxygen atoms in total. The molecule has 0 aliphatic heterocycles. The van der Waals surface area contributed by atoms with Crippen LogP contribution in [-0.2, 0) is 0 Å². The minimum atomic E-state index is 0.826. The molecule has 5 rings (SSSR count). The number of aromatic nitrogens is 1. The van der Waals surface area contributed by atoms with Crippen LogP contribution in [-0.4, -0.2) is 43.3 Å². The molecule has 0 saturated heterocycles. The van der Waals surface area contributed by atoms with E-state index in [-0.39, 0.29) is 0 Å². The lowest BCUT2D eigenvalue weighted by Crippen LogP contribution is -2.16. The quantitative estimate of drug-likeness (QED) is 0.146. The monoisotopic (exact) mass is 467 g/mol. The molecule has 3 aromatic carbocycles. The summed E-state index contributed by atoms with van der Waals surface area (Å²) in [5.74, 6) is 0. The second-order valence-electron chi connectivity index (χ2n) is 8.73. The van der Waals surface area contributed by atoms with Gasteiger partial charge in [-0.2, -0.15) is 0 Å². The van der Waals surface area contributed by atoms with Gasteiger partial charge in [-0.25, -0.2) is 4.98 Å². The third-order valence-corrected chi connectivity index (χ3v) is 6.73. The Hall–Kier alpha value is -3.28. The fraction of sp³-hybridized carbons (Fsp3) is 0.207. The molecule has 0 spiro atoms. The number of benzene rings is 3. The minimum Gasteiger partial charge on any atom is -0.452 e. The van der Waals surface area contributed by atoms with E-state index in [1.807, 2.05) is 18.2 Å². The predicted molar refractivity (Wildman–Crippen MR) is 148 cm³/mol. The molecule has 5 aromatic rings. The molecule has 0 fully saturated rings. The van der Waals surface area contributed by atoms with Crippen molar-refractivity contribution >= 4 is 62.6 Å². The van der Waals surface area contributed by atoms with Crippen molar-refractivity contribution in [3.8, 4) is 0 Å². The Morgan fingerprint density at radius 3 is 2.50 bits per heavy atom. The van der Waals surface area contributed by atoms with Gasteiger partial charge in [0.1, 0.15) is 11.1 Å². The van der Waals surface area contributed by atoms with Crippen molar-refractivity contribution in [2.24, 2.45) is 0 Å². The first-order valence-electron chi connectivity index (χ1n) is 11.6. The van der Waals surface area contributed by atoms with Crippen molar-refractivity contribution in [1.29, 1.82) is 0 Å². The number of nitrogens with one attached hydrogen (secondary N) is 1. The molecule has 2 heterocycles. The largest absolute Gasteiger partial charge is 0.452 e. The molecule has 0 bridgehead atoms. The number of nitrogens with zero attached hydrogens (tertiary/aromatic N) is 2. The number of hydrogen-bond acceptors (Lipinski definition) is 5. The average Bonchev–Trinajstić information content (AvgIpc) is 3.23. The zero-order valence-corrected chi connectivity index (χ0v) is 20.7. The fourth-order valence-electron chi connectivity index (χ4n) is 4.20. The summed E-state index contributed by atoms with van der Waals surface area (Å²) in [5, 5.41) is 5.80. The van der Waals surface area contributed by atoms with E-state index in [4.69, 9.17) is 9.40 Å². The molecular weight excluding hydrogens is 438 g/mol. The maximum atomic E-state index is 6.31. The Labute approximate surface area is 204 Å². The van der Waals surface area contributed by atoms with Crippen LogP contribution in [0.25, 0.3) is 45.1 Å². The first-order chi connectivity index (χ1) is 16.6. The van der Waals surface area contributed by atoms with Gasteiger partial charge in [0, 0.05) is 22.2 Å². The van der Waals surface area contributed by atoms with Crippen molar-refractivity contribution < 1.29 is 4.42 Å². The van der Waals surface area contributed by atoms with E-state index in [9.17, 15) is 0 Å². The maximum absolute atomic E-state index is 6.31. The van der Waals surface area contributed by atoms with Gasteiger partial charge in [-0.05, 0) is 80.8 Å². The highest BCUT2D eigenvalue weighted by Crippen LogP contribution is 2.37. The van der Waals surface area contributed by atoms with Crippen LogP contribution in [0.5, 0.6) is 0 Å². The SMILES string of the molecule is CSc1ccc(/C=C/c2ccc3nc4c(oc5ccccc54)c(NCCCN(C)C)c3c2)cc1. The summed E-state index contributed by atoms with van der Waals surface area (Å²) >= 11 is 1.76. The number of rotatable bonds is 8. The smallest absolute Gasteiger partial charge is 0.177 e. The molecule has 5 heteroatoms. The molecule has 0 amide bonds. The highest BCUT2D eigenvalue weighted by Gasteiger charge is 2.16. The zero-order valence-electron chi connectivity index (χ0n) is 19.8. The van der Waals surface area contributed by atoms with E-state index < -0.39 is 0 Å². The van der Waals surface area contributed by atoms with E-state index in [2.05, 4.69) is 91.3 Å². The van der Waals surface area contributed by atoms with Crippen LogP contribution in [0, 0.1) is 0 Å². The van der Waals surface area contributed by atoms with Gasteiger partial charge in [0.05, 0.1) is 11.2 Å². The average molecular weight is 468 g/mol. The van der Waals surface area contributed by atoms with Gasteiger partial charge in [0.2, 0.25) is 0 Å². The van der Waals surface area contributed by atoms with Gasteiger partial charge >= 0.3 is 0 Å². The number of furan rings is 1. The normalized spacial score (nSPS) is 12.0. The molecule has 2 aromatic heterocycles. The number of thioether (sulfide) groups is 1. The van der Waals surface area contributed by atoms with Gasteiger partial charge in [-0.3, -0.25) is 0 Å². The molecule has 0 atom stereocenters. The van der Waals surface area contributed by atoms with Gasteiger partial charge in [-0.1, -0.05) is 42.5 Å². The van der Waals surface area contributed by atoms with Crippen molar-refractivity contribution in [3.63, 3.8) is 0 Å². The third-order valence-electron chi connectivity index (χ3n) is 5.99. The second kappa shape index (κ2) is 9.92. The highest BCUT2D eigenvalue weighted by atomic mass is 32.2. The van der Waals surface area contributed by atoms with E-state index in [0.29, 0.717) is 0 Å². The maximum Gasteiger partial charge on any atom is 0.177 e. The topological polar surface area (TPSA) is 41.3 Å². The molecule has 34 heavy (non-hydrogen) atoms. The van der Waals surface area contributed by atoms with Crippen LogP contribution in [0.15, 0.2) is 76.0 Å². The van der Waals surface area contributed by atoms with Crippen LogP contribution >= 0.6 is 11.8 Å². The second-order valence-corrected chi connectivity index (χ2v) is 9.61. The fourth-order valence-corrected chi connectivity index (χ4v) is 4.61. The molecule has 1 N–H and O–H groups in total. The van der Waals surface area contributed by atoms with Gasteiger partial charge in [-0.15, -0.1) is 11.8 Å².